The molecule has 1 atom stereocenters. The van der Waals surface area contributed by atoms with Gasteiger partial charge in [-0.25, -0.2) is 4.98 Å². The van der Waals surface area contributed by atoms with Gasteiger partial charge in [0.2, 0.25) is 5.91 Å². The number of methoxy groups -OCH3 is 1. The molecule has 2 aromatic carbocycles. The lowest BCUT2D eigenvalue weighted by Gasteiger charge is -2.41. The molecule has 0 N–H and O–H groups in total. The van der Waals surface area contributed by atoms with Crippen molar-refractivity contribution in [2.75, 3.05) is 26.7 Å². The minimum Gasteiger partial charge on any atom is -0.496 e. The summed E-state index contributed by atoms with van der Waals surface area (Å²) in [7, 11) is 1.62. The zero-order chi connectivity index (χ0) is 22.7. The Labute approximate surface area is 188 Å². The maximum Gasteiger partial charge on any atom is 0.254 e. The van der Waals surface area contributed by atoms with Gasteiger partial charge >= 0.3 is 0 Å². The van der Waals surface area contributed by atoms with E-state index in [-0.39, 0.29) is 17.9 Å². The van der Waals surface area contributed by atoms with Crippen LogP contribution in [0.15, 0.2) is 60.9 Å². The first-order chi connectivity index (χ1) is 15.5. The van der Waals surface area contributed by atoms with Gasteiger partial charge in [-0.05, 0) is 24.6 Å². The van der Waals surface area contributed by atoms with E-state index in [4.69, 9.17) is 4.74 Å². The maximum absolute atomic E-state index is 13.6. The van der Waals surface area contributed by atoms with Crippen LogP contribution in [-0.2, 0) is 11.3 Å². The van der Waals surface area contributed by atoms with Crippen LogP contribution in [0.5, 0.6) is 5.75 Å². The van der Waals surface area contributed by atoms with Crippen LogP contribution in [0.1, 0.15) is 40.3 Å². The number of imidazole rings is 1. The third-order valence-electron chi connectivity index (χ3n) is 6.08. The number of carbonyl (C=O) groups is 2. The van der Waals surface area contributed by atoms with Crippen LogP contribution in [0.2, 0.25) is 0 Å². The Morgan fingerprint density at radius 3 is 2.56 bits per heavy atom. The molecule has 1 fully saturated rings. The Morgan fingerprint density at radius 2 is 1.84 bits per heavy atom. The second-order valence-corrected chi connectivity index (χ2v) is 7.98. The van der Waals surface area contributed by atoms with Crippen LogP contribution < -0.4 is 4.74 Å². The standard InChI is InChI=1S/C25H28N4O3/c1-18-26-12-13-27(18)16-20-8-4-5-9-21(20)25(31)28-14-15-29(19(2)30)23(17-28)22-10-6-7-11-24(22)32-3/h4-13,23H,14-17H2,1-3H3/t23-/m1/s1. The largest absolute Gasteiger partial charge is 0.496 e. The van der Waals surface area contributed by atoms with E-state index in [2.05, 4.69) is 4.98 Å². The van der Waals surface area contributed by atoms with Crippen LogP contribution in [0.3, 0.4) is 0 Å². The second-order valence-electron chi connectivity index (χ2n) is 7.98. The summed E-state index contributed by atoms with van der Waals surface area (Å²) < 4.78 is 7.57. The zero-order valence-electron chi connectivity index (χ0n) is 18.7. The fourth-order valence-corrected chi connectivity index (χ4v) is 4.34. The number of para-hydroxylation sites is 1. The molecule has 1 aliphatic heterocycles. The molecule has 1 aliphatic rings. The smallest absolute Gasteiger partial charge is 0.254 e. The monoisotopic (exact) mass is 432 g/mol. The number of benzene rings is 2. The summed E-state index contributed by atoms with van der Waals surface area (Å²) in [6, 6.07) is 15.1. The molecule has 2 amide bonds. The SMILES string of the molecule is COc1ccccc1[C@H]1CN(C(=O)c2ccccc2Cn2ccnc2C)CCN1C(C)=O. The van der Waals surface area contributed by atoms with E-state index >= 15 is 0 Å². The number of rotatable bonds is 5. The van der Waals surface area contributed by atoms with Gasteiger partial charge in [0.25, 0.3) is 5.91 Å². The van der Waals surface area contributed by atoms with E-state index in [1.165, 1.54) is 0 Å². The van der Waals surface area contributed by atoms with E-state index in [0.717, 1.165) is 17.0 Å². The zero-order valence-corrected chi connectivity index (χ0v) is 18.7. The molecule has 1 aromatic heterocycles. The van der Waals surface area contributed by atoms with Crippen molar-refractivity contribution in [3.63, 3.8) is 0 Å². The fourth-order valence-electron chi connectivity index (χ4n) is 4.34. The Hall–Kier alpha value is -3.61. The van der Waals surface area contributed by atoms with Crippen LogP contribution in [-0.4, -0.2) is 57.9 Å². The average Bonchev–Trinajstić information content (AvgIpc) is 3.22. The number of nitrogens with zero attached hydrogens (tertiary/aromatic N) is 4. The normalized spacial score (nSPS) is 16.2. The van der Waals surface area contributed by atoms with Crippen molar-refractivity contribution in [3.05, 3.63) is 83.4 Å². The second kappa shape index (κ2) is 9.26. The van der Waals surface area contributed by atoms with Crippen LogP contribution in [0, 0.1) is 6.92 Å². The number of hydrogen-bond acceptors (Lipinski definition) is 4. The number of carbonyl (C=O) groups excluding carboxylic acids is 2. The van der Waals surface area contributed by atoms with Gasteiger partial charge < -0.3 is 19.1 Å². The van der Waals surface area contributed by atoms with Gasteiger partial charge in [-0.1, -0.05) is 36.4 Å². The van der Waals surface area contributed by atoms with Gasteiger partial charge in [0.05, 0.1) is 13.2 Å². The number of ether oxygens (including phenoxy) is 1. The van der Waals surface area contributed by atoms with E-state index in [0.29, 0.717) is 37.5 Å². The molecule has 166 valence electrons. The Kier molecular flexibility index (Phi) is 6.25. The van der Waals surface area contributed by atoms with Crippen molar-refractivity contribution in [2.45, 2.75) is 26.4 Å². The molecule has 2 heterocycles. The highest BCUT2D eigenvalue weighted by Crippen LogP contribution is 2.33. The van der Waals surface area contributed by atoms with Crippen molar-refractivity contribution >= 4 is 11.8 Å². The molecule has 32 heavy (non-hydrogen) atoms. The molecule has 4 rings (SSSR count). The van der Waals surface area contributed by atoms with Crippen LogP contribution >= 0.6 is 0 Å². The van der Waals surface area contributed by atoms with E-state index in [1.54, 1.807) is 20.2 Å². The van der Waals surface area contributed by atoms with Gasteiger partial charge in [0.1, 0.15) is 11.6 Å². The number of aromatic nitrogens is 2. The summed E-state index contributed by atoms with van der Waals surface area (Å²) >= 11 is 0. The number of aryl methyl sites for hydroxylation is 1. The third-order valence-corrected chi connectivity index (χ3v) is 6.08. The fraction of sp³-hybridized carbons (Fsp3) is 0.320. The van der Waals surface area contributed by atoms with Crippen molar-refractivity contribution in [1.29, 1.82) is 0 Å². The highest BCUT2D eigenvalue weighted by atomic mass is 16.5. The Bertz CT molecular complexity index is 1120. The minimum atomic E-state index is -0.260. The van der Waals surface area contributed by atoms with E-state index in [9.17, 15) is 9.59 Å². The first kappa shape index (κ1) is 21.6. The van der Waals surface area contributed by atoms with Gasteiger partial charge in [0.15, 0.2) is 0 Å². The van der Waals surface area contributed by atoms with Crippen LogP contribution in [0.25, 0.3) is 0 Å². The van der Waals surface area contributed by atoms with Gasteiger partial charge in [-0.3, -0.25) is 9.59 Å². The molecule has 0 radical (unpaired) electrons. The first-order valence-electron chi connectivity index (χ1n) is 10.7. The van der Waals surface area contributed by atoms with E-state index < -0.39 is 0 Å². The first-order valence-corrected chi connectivity index (χ1v) is 10.7. The molecular formula is C25H28N4O3. The lowest BCUT2D eigenvalue weighted by Crippen LogP contribution is -2.52. The van der Waals surface area contributed by atoms with Crippen LogP contribution in [0.4, 0.5) is 0 Å². The topological polar surface area (TPSA) is 67.7 Å². The molecule has 0 bridgehead atoms. The number of hydrogen-bond donors (Lipinski definition) is 0. The molecule has 7 heteroatoms. The van der Waals surface area contributed by atoms with Gasteiger partial charge in [0, 0.05) is 56.6 Å². The third kappa shape index (κ3) is 4.23. The molecule has 1 saturated heterocycles. The minimum absolute atomic E-state index is 0.0102. The summed E-state index contributed by atoms with van der Waals surface area (Å²) in [4.78, 5) is 33.9. The molecule has 0 spiro atoms. The maximum atomic E-state index is 13.6. The lowest BCUT2D eigenvalue weighted by molar-refractivity contribution is -0.133. The Balaban J connectivity index is 1.63. The Morgan fingerprint density at radius 1 is 1.09 bits per heavy atom. The summed E-state index contributed by atoms with van der Waals surface area (Å²) in [6.07, 6.45) is 3.68. The number of piperazine rings is 1. The van der Waals surface area contributed by atoms with Crippen molar-refractivity contribution < 1.29 is 14.3 Å². The molecule has 7 nitrogen and oxygen atoms in total. The van der Waals surface area contributed by atoms with Gasteiger partial charge in [-0.2, -0.15) is 0 Å². The summed E-state index contributed by atoms with van der Waals surface area (Å²) in [6.45, 7) is 5.48. The van der Waals surface area contributed by atoms with Crippen molar-refractivity contribution in [3.8, 4) is 5.75 Å². The molecule has 0 saturated carbocycles. The quantitative estimate of drug-likeness (QED) is 0.621. The van der Waals surface area contributed by atoms with Gasteiger partial charge in [-0.15, -0.1) is 0 Å². The van der Waals surface area contributed by atoms with Crippen molar-refractivity contribution in [1.82, 2.24) is 19.4 Å². The highest BCUT2D eigenvalue weighted by Gasteiger charge is 2.34. The molecule has 0 unspecified atom stereocenters. The molecule has 0 aliphatic carbocycles. The predicted octanol–water partition coefficient (Wildman–Crippen LogP) is 3.29. The highest BCUT2D eigenvalue weighted by molar-refractivity contribution is 5.96. The average molecular weight is 433 g/mol. The van der Waals surface area contributed by atoms with E-state index in [1.807, 2.05) is 76.0 Å². The molecule has 3 aromatic rings. The number of amides is 2. The van der Waals surface area contributed by atoms with Crippen molar-refractivity contribution in [2.24, 2.45) is 0 Å². The summed E-state index contributed by atoms with van der Waals surface area (Å²) in [5.74, 6) is 1.58. The summed E-state index contributed by atoms with van der Waals surface area (Å²) in [5.41, 5.74) is 2.53. The predicted molar refractivity (Wildman–Crippen MR) is 122 cm³/mol. The summed E-state index contributed by atoms with van der Waals surface area (Å²) in [5, 5.41) is 0. The molecular weight excluding hydrogens is 404 g/mol. The lowest BCUT2D eigenvalue weighted by atomic mass is 9.99.